The number of hydrogen-bond donors (Lipinski definition) is 0. The van der Waals surface area contributed by atoms with Crippen molar-refractivity contribution in [2.24, 2.45) is 5.92 Å². The molecule has 2 aliphatic rings. The van der Waals surface area contributed by atoms with E-state index in [4.69, 9.17) is 4.42 Å². The Kier molecular flexibility index (Phi) is 2.79. The standard InChI is InChI=1S/C17H19NO2/c19-17(13-5-6-13)18-9-7-12(8-10-18)16-15-4-2-1-3-14(15)11-20-16/h1-4,11-13H,5-10H2. The molecule has 0 atom stereocenters. The van der Waals surface area contributed by atoms with Crippen molar-refractivity contribution in [2.75, 3.05) is 13.1 Å². The lowest BCUT2D eigenvalue weighted by Gasteiger charge is -2.31. The Morgan fingerprint density at radius 3 is 2.60 bits per heavy atom. The Morgan fingerprint density at radius 1 is 1.10 bits per heavy atom. The van der Waals surface area contributed by atoms with Crippen LogP contribution in [0, 0.1) is 5.92 Å². The van der Waals surface area contributed by atoms with Gasteiger partial charge in [0.25, 0.3) is 0 Å². The summed E-state index contributed by atoms with van der Waals surface area (Å²) in [6.07, 6.45) is 6.10. The van der Waals surface area contributed by atoms with E-state index in [1.165, 1.54) is 10.8 Å². The molecule has 3 heteroatoms. The van der Waals surface area contributed by atoms with E-state index in [2.05, 4.69) is 23.1 Å². The normalized spacial score (nSPS) is 20.5. The van der Waals surface area contributed by atoms with Crippen LogP contribution >= 0.6 is 0 Å². The topological polar surface area (TPSA) is 33.5 Å². The number of nitrogens with zero attached hydrogens (tertiary/aromatic N) is 1. The number of amides is 1. The van der Waals surface area contributed by atoms with Crippen LogP contribution in [0.5, 0.6) is 0 Å². The summed E-state index contributed by atoms with van der Waals surface area (Å²) < 4.78 is 5.81. The molecular formula is C17H19NO2. The number of carbonyl (C=O) groups is 1. The Morgan fingerprint density at radius 2 is 1.85 bits per heavy atom. The number of carbonyl (C=O) groups excluding carboxylic acids is 1. The largest absolute Gasteiger partial charge is 0.468 e. The van der Waals surface area contributed by atoms with Crippen LogP contribution < -0.4 is 0 Å². The maximum Gasteiger partial charge on any atom is 0.225 e. The molecule has 1 aromatic carbocycles. The summed E-state index contributed by atoms with van der Waals surface area (Å²) >= 11 is 0. The summed E-state index contributed by atoms with van der Waals surface area (Å²) in [6, 6.07) is 8.33. The third-order valence-corrected chi connectivity index (χ3v) is 4.64. The van der Waals surface area contributed by atoms with Crippen LogP contribution in [0.1, 0.15) is 37.4 Å². The molecule has 2 fully saturated rings. The molecule has 0 radical (unpaired) electrons. The molecule has 1 aromatic heterocycles. The van der Waals surface area contributed by atoms with E-state index in [-0.39, 0.29) is 0 Å². The predicted octanol–water partition coefficient (Wildman–Crippen LogP) is 3.55. The van der Waals surface area contributed by atoms with E-state index in [9.17, 15) is 4.79 Å². The first-order valence-electron chi connectivity index (χ1n) is 7.58. The highest BCUT2D eigenvalue weighted by atomic mass is 16.3. The lowest BCUT2D eigenvalue weighted by atomic mass is 9.92. The Balaban J connectivity index is 1.50. The molecule has 1 amide bonds. The first-order chi connectivity index (χ1) is 9.83. The van der Waals surface area contributed by atoms with E-state index in [1.54, 1.807) is 0 Å². The summed E-state index contributed by atoms with van der Waals surface area (Å²) in [5, 5.41) is 2.42. The lowest BCUT2D eigenvalue weighted by Crippen LogP contribution is -2.38. The molecular weight excluding hydrogens is 250 g/mol. The van der Waals surface area contributed by atoms with E-state index in [0.29, 0.717) is 17.7 Å². The van der Waals surface area contributed by atoms with Crippen molar-refractivity contribution in [3.05, 3.63) is 36.3 Å². The third-order valence-electron chi connectivity index (χ3n) is 4.64. The highest BCUT2D eigenvalue weighted by Gasteiger charge is 2.35. The molecule has 2 aromatic rings. The van der Waals surface area contributed by atoms with Crippen LogP contribution in [0.25, 0.3) is 10.8 Å². The molecule has 20 heavy (non-hydrogen) atoms. The monoisotopic (exact) mass is 269 g/mol. The summed E-state index contributed by atoms with van der Waals surface area (Å²) in [7, 11) is 0. The molecule has 0 bridgehead atoms. The van der Waals surface area contributed by atoms with Gasteiger partial charge in [-0.1, -0.05) is 24.3 Å². The smallest absolute Gasteiger partial charge is 0.225 e. The van der Waals surface area contributed by atoms with E-state index in [1.807, 2.05) is 12.3 Å². The first kappa shape index (κ1) is 12.0. The summed E-state index contributed by atoms with van der Waals surface area (Å²) in [6.45, 7) is 1.77. The van der Waals surface area contributed by atoms with Gasteiger partial charge in [-0.2, -0.15) is 0 Å². The van der Waals surface area contributed by atoms with Gasteiger partial charge in [-0.15, -0.1) is 0 Å². The number of fused-ring (bicyclic) bond motifs is 1. The van der Waals surface area contributed by atoms with E-state index in [0.717, 1.165) is 44.5 Å². The summed E-state index contributed by atoms with van der Waals surface area (Å²) in [5.74, 6) is 2.29. The Hall–Kier alpha value is -1.77. The highest BCUT2D eigenvalue weighted by Crippen LogP contribution is 2.36. The van der Waals surface area contributed by atoms with Gasteiger partial charge in [-0.25, -0.2) is 0 Å². The zero-order valence-corrected chi connectivity index (χ0v) is 11.5. The number of furan rings is 1. The van der Waals surface area contributed by atoms with Crippen molar-refractivity contribution in [1.29, 1.82) is 0 Å². The Labute approximate surface area is 118 Å². The second-order valence-electron chi connectivity index (χ2n) is 6.06. The maximum absolute atomic E-state index is 12.1. The molecule has 1 aliphatic heterocycles. The van der Waals surface area contributed by atoms with Gasteiger partial charge in [0.15, 0.2) is 0 Å². The minimum absolute atomic E-state index is 0.344. The highest BCUT2D eigenvalue weighted by molar-refractivity contribution is 5.84. The van der Waals surface area contributed by atoms with Crippen molar-refractivity contribution in [2.45, 2.75) is 31.6 Å². The van der Waals surface area contributed by atoms with Gasteiger partial charge in [0.1, 0.15) is 5.76 Å². The van der Waals surface area contributed by atoms with Crippen LogP contribution in [0.3, 0.4) is 0 Å². The third kappa shape index (κ3) is 2.01. The quantitative estimate of drug-likeness (QED) is 0.835. The fourth-order valence-electron chi connectivity index (χ4n) is 3.28. The fourth-order valence-corrected chi connectivity index (χ4v) is 3.28. The number of hydrogen-bond acceptors (Lipinski definition) is 2. The van der Waals surface area contributed by atoms with Gasteiger partial charge in [-0.3, -0.25) is 4.79 Å². The minimum Gasteiger partial charge on any atom is -0.468 e. The van der Waals surface area contributed by atoms with Crippen molar-refractivity contribution in [1.82, 2.24) is 4.90 Å². The first-order valence-corrected chi connectivity index (χ1v) is 7.58. The van der Waals surface area contributed by atoms with Gasteiger partial charge in [0, 0.05) is 35.7 Å². The van der Waals surface area contributed by atoms with Gasteiger partial charge >= 0.3 is 0 Å². The molecule has 1 saturated carbocycles. The summed E-state index contributed by atoms with van der Waals surface area (Å²) in [4.78, 5) is 14.1. The lowest BCUT2D eigenvalue weighted by molar-refractivity contribution is -0.133. The average Bonchev–Trinajstić information content (AvgIpc) is 3.26. The van der Waals surface area contributed by atoms with Crippen LogP contribution in [0.15, 0.2) is 34.9 Å². The number of rotatable bonds is 2. The molecule has 1 aliphatic carbocycles. The molecule has 3 nitrogen and oxygen atoms in total. The molecule has 0 N–H and O–H groups in total. The second kappa shape index (κ2) is 4.65. The molecule has 104 valence electrons. The van der Waals surface area contributed by atoms with Gasteiger partial charge in [0.05, 0.1) is 6.26 Å². The molecule has 1 saturated heterocycles. The van der Waals surface area contributed by atoms with Gasteiger partial charge in [-0.05, 0) is 25.7 Å². The number of likely N-dealkylation sites (tertiary alicyclic amines) is 1. The van der Waals surface area contributed by atoms with E-state index < -0.39 is 0 Å². The van der Waals surface area contributed by atoms with Crippen molar-refractivity contribution < 1.29 is 9.21 Å². The van der Waals surface area contributed by atoms with Crippen molar-refractivity contribution in [3.63, 3.8) is 0 Å². The Bertz CT molecular complexity index is 633. The molecule has 4 rings (SSSR count). The fraction of sp³-hybridized carbons (Fsp3) is 0.471. The van der Waals surface area contributed by atoms with Crippen LogP contribution in [0.4, 0.5) is 0 Å². The molecule has 2 heterocycles. The SMILES string of the molecule is O=C(C1CC1)N1CCC(c2occ3ccccc23)CC1. The zero-order chi connectivity index (χ0) is 13.5. The van der Waals surface area contributed by atoms with Gasteiger partial charge in [0.2, 0.25) is 5.91 Å². The van der Waals surface area contributed by atoms with Crippen LogP contribution in [-0.2, 0) is 4.79 Å². The maximum atomic E-state index is 12.1. The zero-order valence-electron chi connectivity index (χ0n) is 11.5. The predicted molar refractivity (Wildman–Crippen MR) is 77.5 cm³/mol. The van der Waals surface area contributed by atoms with Crippen molar-refractivity contribution in [3.8, 4) is 0 Å². The van der Waals surface area contributed by atoms with Crippen molar-refractivity contribution >= 4 is 16.7 Å². The summed E-state index contributed by atoms with van der Waals surface area (Å²) in [5.41, 5.74) is 0. The minimum atomic E-state index is 0.344. The number of piperidine rings is 1. The van der Waals surface area contributed by atoms with Gasteiger partial charge < -0.3 is 9.32 Å². The number of benzene rings is 1. The van der Waals surface area contributed by atoms with Crippen LogP contribution in [0.2, 0.25) is 0 Å². The van der Waals surface area contributed by atoms with E-state index >= 15 is 0 Å². The molecule has 0 unspecified atom stereocenters. The van der Waals surface area contributed by atoms with Crippen LogP contribution in [-0.4, -0.2) is 23.9 Å². The second-order valence-corrected chi connectivity index (χ2v) is 6.06. The molecule has 0 spiro atoms. The average molecular weight is 269 g/mol.